The first-order valence-electron chi connectivity index (χ1n) is 35.7. The number of hydrogen-bond donors (Lipinski definition) is 3. The van der Waals surface area contributed by atoms with Gasteiger partial charge in [-0.05, 0) is 178 Å². The highest BCUT2D eigenvalue weighted by Crippen LogP contribution is 2.42. The minimum absolute atomic E-state index is 0.889. The van der Waals surface area contributed by atoms with Crippen LogP contribution in [0.4, 0.5) is 34.1 Å². The Bertz CT molecular complexity index is 6770. The SMILES string of the molecule is c1ccc(-c2ccc(Nc3ccc4c5ccccc5n(-c5cccc6ccccc56)c4c3)cc2)cc1.c1ccc(-n2c3ccccc3c3ccc(-c4ccc(Nc5ccc6c(c5)oc5ccccc56)cc4)cc32)cc1.c1ccc(Nc2ccc3c(c2)c2c4ccccc4ccc2n3-c2ccccc2)cc1. The van der Waals surface area contributed by atoms with E-state index in [1.165, 1.54) is 126 Å². The highest BCUT2D eigenvalue weighted by atomic mass is 16.3. The van der Waals surface area contributed by atoms with Crippen molar-refractivity contribution < 1.29 is 4.42 Å². The summed E-state index contributed by atoms with van der Waals surface area (Å²) in [5.41, 5.74) is 23.8. The van der Waals surface area contributed by atoms with Gasteiger partial charge in [-0.1, -0.05) is 249 Å². The molecule has 0 fully saturated rings. The Balaban J connectivity index is 0.000000109. The molecule has 0 atom stereocenters. The lowest BCUT2D eigenvalue weighted by atomic mass is 10.0. The second-order valence-corrected chi connectivity index (χ2v) is 26.7. The lowest BCUT2D eigenvalue weighted by Crippen LogP contribution is -1.96. The van der Waals surface area contributed by atoms with Crippen LogP contribution in [0.5, 0.6) is 0 Å². The number of para-hydroxylation sites is 6. The molecular weight excluding hydrogens is 1280 g/mol. The minimum Gasteiger partial charge on any atom is -0.456 e. The van der Waals surface area contributed by atoms with E-state index in [2.05, 4.69) is 394 Å². The van der Waals surface area contributed by atoms with Crippen LogP contribution in [0.15, 0.2) is 399 Å². The summed E-state index contributed by atoms with van der Waals surface area (Å²) in [4.78, 5) is 0. The molecule has 0 bridgehead atoms. The molecular formula is C98H68N6O. The molecule has 0 unspecified atom stereocenters. The van der Waals surface area contributed by atoms with E-state index >= 15 is 0 Å². The van der Waals surface area contributed by atoms with Gasteiger partial charge in [-0.2, -0.15) is 0 Å². The fourth-order valence-corrected chi connectivity index (χ4v) is 15.4. The van der Waals surface area contributed by atoms with Gasteiger partial charge in [-0.25, -0.2) is 0 Å². The predicted octanol–water partition coefficient (Wildman–Crippen LogP) is 27.1. The first-order valence-corrected chi connectivity index (χ1v) is 35.7. The second-order valence-electron chi connectivity index (χ2n) is 26.7. The quantitative estimate of drug-likeness (QED) is 0.121. The van der Waals surface area contributed by atoms with E-state index in [0.29, 0.717) is 0 Å². The molecule has 7 heteroatoms. The van der Waals surface area contributed by atoms with Crippen molar-refractivity contribution >= 4 is 143 Å². The number of hydrogen-bond acceptors (Lipinski definition) is 4. The van der Waals surface area contributed by atoms with Crippen molar-refractivity contribution in [3.8, 4) is 39.3 Å². The lowest BCUT2D eigenvalue weighted by molar-refractivity contribution is 0.669. The molecule has 21 aromatic rings. The van der Waals surface area contributed by atoms with Gasteiger partial charge >= 0.3 is 0 Å². The van der Waals surface area contributed by atoms with Crippen molar-refractivity contribution in [2.45, 2.75) is 0 Å². The fourth-order valence-electron chi connectivity index (χ4n) is 15.4. The number of benzene rings is 17. The van der Waals surface area contributed by atoms with Crippen molar-refractivity contribution in [1.82, 2.24) is 13.7 Å². The predicted molar refractivity (Wildman–Crippen MR) is 445 cm³/mol. The van der Waals surface area contributed by atoms with E-state index in [9.17, 15) is 0 Å². The normalized spacial score (nSPS) is 11.4. The summed E-state index contributed by atoms with van der Waals surface area (Å²) in [6, 6.07) is 139. The summed E-state index contributed by atoms with van der Waals surface area (Å²) in [6.07, 6.45) is 0. The van der Waals surface area contributed by atoms with Gasteiger partial charge < -0.3 is 34.1 Å². The van der Waals surface area contributed by atoms with Crippen LogP contribution >= 0.6 is 0 Å². The molecule has 0 saturated carbocycles. The molecule has 0 aliphatic carbocycles. The fraction of sp³-hybridized carbons (Fsp3) is 0. The van der Waals surface area contributed by atoms with Crippen LogP contribution in [0.1, 0.15) is 0 Å². The van der Waals surface area contributed by atoms with Crippen LogP contribution < -0.4 is 16.0 Å². The monoisotopic (exact) mass is 1340 g/mol. The van der Waals surface area contributed by atoms with Gasteiger partial charge in [0.25, 0.3) is 0 Å². The van der Waals surface area contributed by atoms with Crippen molar-refractivity contribution in [2.24, 2.45) is 0 Å². The molecule has 0 saturated heterocycles. The number of fused-ring (bicyclic) bond motifs is 15. The summed E-state index contributed by atoms with van der Waals surface area (Å²) < 4.78 is 13.2. The highest BCUT2D eigenvalue weighted by Gasteiger charge is 2.19. The summed E-state index contributed by atoms with van der Waals surface area (Å²) in [5.74, 6) is 0. The van der Waals surface area contributed by atoms with Gasteiger partial charge in [-0.3, -0.25) is 0 Å². The number of furan rings is 1. The number of aromatic nitrogens is 3. The van der Waals surface area contributed by atoms with Crippen LogP contribution in [-0.4, -0.2) is 13.7 Å². The average Bonchev–Trinajstić information content (AvgIpc) is 1.58. The molecule has 0 amide bonds. The topological polar surface area (TPSA) is 64.0 Å². The van der Waals surface area contributed by atoms with Crippen LogP contribution in [0, 0.1) is 0 Å². The van der Waals surface area contributed by atoms with E-state index < -0.39 is 0 Å². The van der Waals surface area contributed by atoms with E-state index in [0.717, 1.165) is 56.1 Å². The summed E-state index contributed by atoms with van der Waals surface area (Å²) in [7, 11) is 0. The Morgan fingerprint density at radius 3 is 1.26 bits per heavy atom. The first-order chi connectivity index (χ1) is 52.0. The molecule has 0 aliphatic heterocycles. The maximum atomic E-state index is 6.06. The highest BCUT2D eigenvalue weighted by molar-refractivity contribution is 6.22. The van der Waals surface area contributed by atoms with E-state index in [4.69, 9.17) is 4.42 Å². The zero-order chi connectivity index (χ0) is 69.6. The largest absolute Gasteiger partial charge is 0.456 e. The molecule has 0 aliphatic rings. The molecule has 21 rings (SSSR count). The van der Waals surface area contributed by atoms with Crippen LogP contribution in [0.25, 0.3) is 148 Å². The van der Waals surface area contributed by atoms with Gasteiger partial charge in [0, 0.05) is 100 Å². The zero-order valence-corrected chi connectivity index (χ0v) is 57.3. The Morgan fingerprint density at radius 2 is 0.590 bits per heavy atom. The third kappa shape index (κ3) is 11.7. The number of nitrogens with zero attached hydrogens (tertiary/aromatic N) is 3. The Labute approximate surface area is 607 Å². The molecule has 3 N–H and O–H groups in total. The van der Waals surface area contributed by atoms with E-state index in [1.807, 2.05) is 30.3 Å². The average molecular weight is 1350 g/mol. The van der Waals surface area contributed by atoms with Crippen molar-refractivity contribution in [1.29, 1.82) is 0 Å². The summed E-state index contributed by atoms with van der Waals surface area (Å²) in [6.45, 7) is 0. The standard InChI is InChI=1S/C36H24N2O.C34H24N2.C28H20N2/c1-2-8-28(9-3-1)38-33-12-6-4-10-29(33)30-20-16-25(22-34(30)38)24-14-17-26(18-15-24)37-27-19-21-32-31-11-5-7-13-35(31)39-36(32)23-27;1-2-9-24(10-3-1)25-17-19-27(20-18-25)35-28-21-22-31-30-14-6-7-15-33(30)36(34(31)23-28)32-16-8-12-26-11-4-5-13-29(26)32;1-3-10-21(11-4-1)29-22-16-18-26-25(19-22)28-24-14-8-7-9-20(24)15-17-27(28)30(26)23-12-5-2-6-13-23/h1-23,37H;1-23,35H;1-19,29H. The molecule has 4 aromatic heterocycles. The Hall–Kier alpha value is -14.1. The number of rotatable bonds is 11. The zero-order valence-electron chi connectivity index (χ0n) is 57.3. The van der Waals surface area contributed by atoms with Crippen molar-refractivity contribution in [3.05, 3.63) is 394 Å². The maximum absolute atomic E-state index is 6.06. The summed E-state index contributed by atoms with van der Waals surface area (Å²) >= 11 is 0. The molecule has 0 radical (unpaired) electrons. The lowest BCUT2D eigenvalue weighted by Gasteiger charge is -2.13. The third-order valence-corrected chi connectivity index (χ3v) is 20.3. The van der Waals surface area contributed by atoms with Crippen molar-refractivity contribution in [3.63, 3.8) is 0 Å². The minimum atomic E-state index is 0.889. The molecule has 105 heavy (non-hydrogen) atoms. The van der Waals surface area contributed by atoms with Crippen LogP contribution in [0.3, 0.4) is 0 Å². The second kappa shape index (κ2) is 26.8. The molecule has 496 valence electrons. The van der Waals surface area contributed by atoms with E-state index in [1.54, 1.807) is 0 Å². The molecule has 7 nitrogen and oxygen atoms in total. The maximum Gasteiger partial charge on any atom is 0.137 e. The van der Waals surface area contributed by atoms with Crippen LogP contribution in [-0.2, 0) is 0 Å². The molecule has 4 heterocycles. The smallest absolute Gasteiger partial charge is 0.137 e. The van der Waals surface area contributed by atoms with Gasteiger partial charge in [0.1, 0.15) is 11.2 Å². The summed E-state index contributed by atoms with van der Waals surface area (Å²) in [5, 5.41) is 25.6. The Kier molecular flexibility index (Phi) is 15.8. The van der Waals surface area contributed by atoms with E-state index in [-0.39, 0.29) is 0 Å². The van der Waals surface area contributed by atoms with Gasteiger partial charge in [-0.15, -0.1) is 0 Å². The number of anilines is 6. The van der Waals surface area contributed by atoms with Gasteiger partial charge in [0.15, 0.2) is 0 Å². The Morgan fingerprint density at radius 1 is 0.190 bits per heavy atom. The van der Waals surface area contributed by atoms with Gasteiger partial charge in [0.2, 0.25) is 0 Å². The van der Waals surface area contributed by atoms with Crippen molar-refractivity contribution in [2.75, 3.05) is 16.0 Å². The third-order valence-electron chi connectivity index (χ3n) is 20.3. The first kappa shape index (κ1) is 61.9. The van der Waals surface area contributed by atoms with Gasteiger partial charge in [0.05, 0.1) is 38.8 Å². The van der Waals surface area contributed by atoms with Crippen LogP contribution in [0.2, 0.25) is 0 Å². The molecule has 0 spiro atoms. The molecule has 17 aromatic carbocycles. The number of nitrogens with one attached hydrogen (secondary N) is 3.